The SMILES string of the molecule is C=C/C(C#N)=C\C=C1/CC(N(C)c2ccc(C(=O)N(C)c3ccc(Nc4ccncc4)cc3)cc2)=CC=N1. The number of rotatable bonds is 8. The number of nitrogens with zero attached hydrogens (tertiary/aromatic N) is 5. The molecule has 1 aromatic heterocycles. The quantitative estimate of drug-likeness (QED) is 0.285. The molecule has 1 aliphatic heterocycles. The summed E-state index contributed by atoms with van der Waals surface area (Å²) in [4.78, 5) is 25.3. The van der Waals surface area contributed by atoms with Gasteiger partial charge in [-0.25, -0.2) is 0 Å². The number of nitrogens with one attached hydrogen (secondary N) is 1. The molecule has 0 saturated heterocycles. The topological polar surface area (TPSA) is 84.6 Å². The van der Waals surface area contributed by atoms with Crippen molar-refractivity contribution in [3.05, 3.63) is 126 Å². The molecule has 0 fully saturated rings. The van der Waals surface area contributed by atoms with Gasteiger partial charge in [0, 0.05) is 78.8 Å². The molecular weight excluding hydrogens is 472 g/mol. The molecule has 1 amide bonds. The van der Waals surface area contributed by atoms with Gasteiger partial charge in [-0.05, 0) is 78.9 Å². The van der Waals surface area contributed by atoms with E-state index in [-0.39, 0.29) is 5.91 Å². The van der Waals surface area contributed by atoms with Crippen LogP contribution in [0.2, 0.25) is 0 Å². The van der Waals surface area contributed by atoms with Crippen molar-refractivity contribution in [1.29, 1.82) is 5.26 Å². The highest BCUT2D eigenvalue weighted by Crippen LogP contribution is 2.26. The predicted octanol–water partition coefficient (Wildman–Crippen LogP) is 6.42. The first-order valence-corrected chi connectivity index (χ1v) is 12.0. The van der Waals surface area contributed by atoms with Gasteiger partial charge in [0.1, 0.15) is 0 Å². The van der Waals surface area contributed by atoms with Crippen LogP contribution in [0.4, 0.5) is 22.7 Å². The van der Waals surface area contributed by atoms with E-state index in [1.807, 2.05) is 79.9 Å². The van der Waals surface area contributed by atoms with Crippen LogP contribution in [-0.4, -0.2) is 31.2 Å². The lowest BCUT2D eigenvalue weighted by atomic mass is 10.1. The zero-order chi connectivity index (χ0) is 26.9. The van der Waals surface area contributed by atoms with Crippen LogP contribution in [0.3, 0.4) is 0 Å². The van der Waals surface area contributed by atoms with Crippen molar-refractivity contribution < 1.29 is 4.79 Å². The summed E-state index contributed by atoms with van der Waals surface area (Å²) < 4.78 is 0. The van der Waals surface area contributed by atoms with Gasteiger partial charge < -0.3 is 15.1 Å². The third-order valence-electron chi connectivity index (χ3n) is 6.13. The molecule has 0 atom stereocenters. The van der Waals surface area contributed by atoms with E-state index in [9.17, 15) is 4.79 Å². The van der Waals surface area contributed by atoms with Gasteiger partial charge in [-0.2, -0.15) is 5.26 Å². The van der Waals surface area contributed by atoms with Gasteiger partial charge in [0.05, 0.1) is 11.6 Å². The van der Waals surface area contributed by atoms with Gasteiger partial charge in [-0.3, -0.25) is 14.8 Å². The lowest BCUT2D eigenvalue weighted by Crippen LogP contribution is -2.26. The van der Waals surface area contributed by atoms with E-state index >= 15 is 0 Å². The third-order valence-corrected chi connectivity index (χ3v) is 6.13. The Bertz CT molecular complexity index is 1460. The lowest BCUT2D eigenvalue weighted by molar-refractivity contribution is 0.0993. The fourth-order valence-corrected chi connectivity index (χ4v) is 3.85. The Balaban J connectivity index is 1.40. The number of benzene rings is 2. The van der Waals surface area contributed by atoms with Crippen molar-refractivity contribution >= 4 is 34.9 Å². The summed E-state index contributed by atoms with van der Waals surface area (Å²) in [6, 6.07) is 21.1. The Labute approximate surface area is 223 Å². The zero-order valence-corrected chi connectivity index (χ0v) is 21.4. The standard InChI is InChI=1S/C31H28N6O/c1-4-23(22-32)5-8-27-21-30(17-20-34-27)36(2)28-11-6-24(7-12-28)31(38)37(3)29-13-9-25(10-14-29)35-26-15-18-33-19-16-26/h4-20H,1,21H2,2-3H3,(H,33,35)/b23-5+,27-8+. The van der Waals surface area contributed by atoms with E-state index < -0.39 is 0 Å². The van der Waals surface area contributed by atoms with Gasteiger partial charge in [-0.15, -0.1) is 0 Å². The zero-order valence-electron chi connectivity index (χ0n) is 21.4. The normalized spacial score (nSPS) is 13.9. The Hall–Kier alpha value is -5.22. The van der Waals surface area contributed by atoms with Crippen molar-refractivity contribution in [1.82, 2.24) is 4.98 Å². The van der Waals surface area contributed by atoms with Gasteiger partial charge in [-0.1, -0.05) is 12.7 Å². The Morgan fingerprint density at radius 3 is 2.32 bits per heavy atom. The van der Waals surface area contributed by atoms with Crippen LogP contribution in [0.5, 0.6) is 0 Å². The molecule has 2 heterocycles. The molecule has 7 heteroatoms. The van der Waals surface area contributed by atoms with Crippen LogP contribution in [0, 0.1) is 11.3 Å². The molecule has 188 valence electrons. The summed E-state index contributed by atoms with van der Waals surface area (Å²) in [5.41, 5.74) is 6.61. The molecule has 0 spiro atoms. The summed E-state index contributed by atoms with van der Waals surface area (Å²) in [6.45, 7) is 3.63. The molecule has 0 saturated carbocycles. The third kappa shape index (κ3) is 6.31. The largest absolute Gasteiger partial charge is 0.355 e. The molecule has 3 aromatic rings. The number of aliphatic imine (C=N–C) groups is 1. The number of dihydropyridines is 1. The fraction of sp³-hybridized carbons (Fsp3) is 0.0968. The maximum atomic E-state index is 13.1. The van der Waals surface area contributed by atoms with Crippen molar-refractivity contribution in [3.63, 3.8) is 0 Å². The smallest absolute Gasteiger partial charge is 0.258 e. The molecule has 4 rings (SSSR count). The van der Waals surface area contributed by atoms with Gasteiger partial charge in [0.2, 0.25) is 0 Å². The minimum Gasteiger partial charge on any atom is -0.355 e. The molecule has 38 heavy (non-hydrogen) atoms. The molecule has 1 aliphatic rings. The highest BCUT2D eigenvalue weighted by atomic mass is 16.2. The summed E-state index contributed by atoms with van der Waals surface area (Å²) in [6.07, 6.45) is 12.9. The van der Waals surface area contributed by atoms with Crippen molar-refractivity contribution in [2.24, 2.45) is 4.99 Å². The van der Waals surface area contributed by atoms with Crippen LogP contribution in [0.15, 0.2) is 126 Å². The number of pyridine rings is 1. The second-order valence-corrected chi connectivity index (χ2v) is 8.59. The number of allylic oxidation sites excluding steroid dienone is 5. The summed E-state index contributed by atoms with van der Waals surface area (Å²) in [5, 5.41) is 12.4. The maximum Gasteiger partial charge on any atom is 0.258 e. The molecule has 1 N–H and O–H groups in total. The fourth-order valence-electron chi connectivity index (χ4n) is 3.85. The maximum absolute atomic E-state index is 13.1. The second kappa shape index (κ2) is 12.2. The predicted molar refractivity (Wildman–Crippen MR) is 155 cm³/mol. The summed E-state index contributed by atoms with van der Waals surface area (Å²) >= 11 is 0. The van der Waals surface area contributed by atoms with Gasteiger partial charge >= 0.3 is 0 Å². The van der Waals surface area contributed by atoms with E-state index in [0.29, 0.717) is 17.6 Å². The molecule has 0 radical (unpaired) electrons. The molecular formula is C31H28N6O. The highest BCUT2D eigenvalue weighted by molar-refractivity contribution is 6.06. The van der Waals surface area contributed by atoms with Crippen molar-refractivity contribution in [2.45, 2.75) is 6.42 Å². The average molecular weight is 501 g/mol. The van der Waals surface area contributed by atoms with Crippen LogP contribution in [-0.2, 0) is 0 Å². The van der Waals surface area contributed by atoms with Crippen LogP contribution in [0.25, 0.3) is 0 Å². The number of amides is 1. The molecule has 7 nitrogen and oxygen atoms in total. The number of hydrogen-bond donors (Lipinski definition) is 1. The van der Waals surface area contributed by atoms with Crippen LogP contribution < -0.4 is 15.1 Å². The van der Waals surface area contributed by atoms with E-state index in [4.69, 9.17) is 5.26 Å². The molecule has 0 unspecified atom stereocenters. The number of carbonyl (C=O) groups is 1. The van der Waals surface area contributed by atoms with Crippen LogP contribution >= 0.6 is 0 Å². The highest BCUT2D eigenvalue weighted by Gasteiger charge is 2.16. The number of anilines is 4. The lowest BCUT2D eigenvalue weighted by Gasteiger charge is -2.25. The molecule has 0 aliphatic carbocycles. The van der Waals surface area contributed by atoms with E-state index in [0.717, 1.165) is 34.1 Å². The first-order chi connectivity index (χ1) is 18.5. The van der Waals surface area contributed by atoms with E-state index in [1.54, 1.807) is 36.6 Å². The summed E-state index contributed by atoms with van der Waals surface area (Å²) in [5.74, 6) is -0.0921. The van der Waals surface area contributed by atoms with Gasteiger partial charge in [0.25, 0.3) is 5.91 Å². The van der Waals surface area contributed by atoms with E-state index in [2.05, 4.69) is 32.8 Å². The number of nitriles is 1. The summed E-state index contributed by atoms with van der Waals surface area (Å²) in [7, 11) is 3.75. The first kappa shape index (κ1) is 25.9. The first-order valence-electron chi connectivity index (χ1n) is 12.0. The minimum atomic E-state index is -0.0921. The Morgan fingerprint density at radius 2 is 1.66 bits per heavy atom. The monoisotopic (exact) mass is 500 g/mol. The average Bonchev–Trinajstić information content (AvgIpc) is 2.98. The Kier molecular flexibility index (Phi) is 8.27. The van der Waals surface area contributed by atoms with E-state index in [1.165, 1.54) is 6.08 Å². The number of hydrogen-bond acceptors (Lipinski definition) is 6. The minimum absolute atomic E-state index is 0.0921. The number of aromatic nitrogens is 1. The van der Waals surface area contributed by atoms with Gasteiger partial charge in [0.15, 0.2) is 0 Å². The van der Waals surface area contributed by atoms with Crippen molar-refractivity contribution in [2.75, 3.05) is 29.2 Å². The molecule has 0 bridgehead atoms. The van der Waals surface area contributed by atoms with Crippen LogP contribution in [0.1, 0.15) is 16.8 Å². The van der Waals surface area contributed by atoms with Crippen molar-refractivity contribution in [3.8, 4) is 6.07 Å². The molecule has 2 aromatic carbocycles. The number of carbonyl (C=O) groups excluding carboxylic acids is 1. The Morgan fingerprint density at radius 1 is 1.00 bits per heavy atom. The second-order valence-electron chi connectivity index (χ2n) is 8.59.